The Morgan fingerprint density at radius 3 is 2.52 bits per heavy atom. The summed E-state index contributed by atoms with van der Waals surface area (Å²) in [6, 6.07) is 4.37. The van der Waals surface area contributed by atoms with Gasteiger partial charge >= 0.3 is 5.97 Å². The lowest BCUT2D eigenvalue weighted by Crippen LogP contribution is -2.16. The Hall–Kier alpha value is -1.95. The van der Waals surface area contributed by atoms with Crippen molar-refractivity contribution < 1.29 is 19.0 Å². The molecule has 1 aromatic carbocycles. The first-order chi connectivity index (χ1) is 9.74. The number of rotatable bonds is 3. The van der Waals surface area contributed by atoms with E-state index in [1.807, 2.05) is 20.8 Å². The molecule has 0 amide bonds. The van der Waals surface area contributed by atoms with Gasteiger partial charge in [-0.2, -0.15) is 0 Å². The van der Waals surface area contributed by atoms with Crippen molar-refractivity contribution in [2.24, 2.45) is 0 Å². The van der Waals surface area contributed by atoms with Crippen molar-refractivity contribution in [2.45, 2.75) is 26.2 Å². The van der Waals surface area contributed by atoms with Gasteiger partial charge in [-0.1, -0.05) is 20.8 Å². The number of aromatic nitrogens is 1. The fraction of sp³-hybridized carbons (Fsp3) is 0.333. The fourth-order valence-electron chi connectivity index (χ4n) is 1.89. The summed E-state index contributed by atoms with van der Waals surface area (Å²) in [5.41, 5.74) is 0.779. The van der Waals surface area contributed by atoms with Crippen molar-refractivity contribution in [2.75, 3.05) is 7.11 Å². The van der Waals surface area contributed by atoms with Crippen molar-refractivity contribution in [3.8, 4) is 16.3 Å². The lowest BCUT2D eigenvalue weighted by molar-refractivity contribution is 0.0699. The third-order valence-electron chi connectivity index (χ3n) is 2.93. The second-order valence-corrected chi connectivity index (χ2v) is 6.60. The lowest BCUT2D eigenvalue weighted by Gasteiger charge is -2.16. The van der Waals surface area contributed by atoms with Gasteiger partial charge in [-0.15, -0.1) is 11.3 Å². The number of thiazole rings is 1. The number of hydrogen-bond acceptors (Lipinski definition) is 4. The summed E-state index contributed by atoms with van der Waals surface area (Å²) in [6.45, 7) is 5.72. The van der Waals surface area contributed by atoms with E-state index < -0.39 is 11.8 Å². The minimum atomic E-state index is -1.00. The van der Waals surface area contributed by atoms with Gasteiger partial charge in [-0.3, -0.25) is 0 Å². The molecule has 0 aliphatic heterocycles. The summed E-state index contributed by atoms with van der Waals surface area (Å²) >= 11 is 1.08. The highest BCUT2D eigenvalue weighted by atomic mass is 32.1. The Balaban J connectivity index is 2.58. The van der Waals surface area contributed by atoms with Gasteiger partial charge in [0.15, 0.2) is 11.6 Å². The largest absolute Gasteiger partial charge is 0.494 e. The number of methoxy groups -OCH3 is 1. The number of carboxylic acid groups (broad SMARTS) is 1. The quantitative estimate of drug-likeness (QED) is 0.932. The van der Waals surface area contributed by atoms with Crippen LogP contribution in [0, 0.1) is 5.82 Å². The van der Waals surface area contributed by atoms with Crippen LogP contribution in [0.4, 0.5) is 4.39 Å². The zero-order valence-electron chi connectivity index (χ0n) is 12.2. The summed E-state index contributed by atoms with van der Waals surface area (Å²) in [4.78, 5) is 16.0. The van der Waals surface area contributed by atoms with Gasteiger partial charge < -0.3 is 9.84 Å². The van der Waals surface area contributed by atoms with Crippen molar-refractivity contribution in [3.63, 3.8) is 0 Å². The van der Waals surface area contributed by atoms with E-state index in [1.165, 1.54) is 19.2 Å². The number of nitrogens with zero attached hydrogens (tertiary/aromatic N) is 1. The zero-order valence-corrected chi connectivity index (χ0v) is 13.0. The van der Waals surface area contributed by atoms with E-state index in [4.69, 9.17) is 4.74 Å². The molecule has 1 aromatic heterocycles. The van der Waals surface area contributed by atoms with Crippen LogP contribution in [0.3, 0.4) is 0 Å². The normalized spacial score (nSPS) is 11.5. The molecule has 6 heteroatoms. The van der Waals surface area contributed by atoms with Crippen LogP contribution in [-0.4, -0.2) is 23.2 Å². The molecule has 1 N–H and O–H groups in total. The highest BCUT2D eigenvalue weighted by Crippen LogP contribution is 2.35. The van der Waals surface area contributed by atoms with E-state index in [0.29, 0.717) is 16.3 Å². The van der Waals surface area contributed by atoms with Gasteiger partial charge in [0.05, 0.1) is 12.8 Å². The van der Waals surface area contributed by atoms with Gasteiger partial charge in [0.25, 0.3) is 0 Å². The monoisotopic (exact) mass is 309 g/mol. The molecule has 2 aromatic rings. The van der Waals surface area contributed by atoms with Gasteiger partial charge in [0.1, 0.15) is 9.88 Å². The van der Waals surface area contributed by atoms with Crippen molar-refractivity contribution in [1.82, 2.24) is 4.98 Å². The van der Waals surface area contributed by atoms with Crippen LogP contribution in [0.25, 0.3) is 10.6 Å². The molecule has 1 heterocycles. The van der Waals surface area contributed by atoms with Crippen molar-refractivity contribution in [1.29, 1.82) is 0 Å². The molecular weight excluding hydrogens is 293 g/mol. The number of carbonyl (C=O) groups is 1. The molecule has 0 aliphatic carbocycles. The Morgan fingerprint density at radius 2 is 2.05 bits per heavy atom. The van der Waals surface area contributed by atoms with E-state index in [9.17, 15) is 14.3 Å². The van der Waals surface area contributed by atoms with E-state index in [1.54, 1.807) is 6.07 Å². The van der Waals surface area contributed by atoms with Crippen molar-refractivity contribution >= 4 is 17.3 Å². The Labute approximate surface area is 126 Å². The number of hydrogen-bond donors (Lipinski definition) is 1. The molecule has 0 bridgehead atoms. The average Bonchev–Trinajstić information content (AvgIpc) is 2.84. The van der Waals surface area contributed by atoms with E-state index in [0.717, 1.165) is 11.3 Å². The minimum absolute atomic E-state index is 0.108. The first-order valence-electron chi connectivity index (χ1n) is 6.32. The maximum Gasteiger partial charge on any atom is 0.347 e. The van der Waals surface area contributed by atoms with Crippen LogP contribution >= 0.6 is 11.3 Å². The lowest BCUT2D eigenvalue weighted by atomic mass is 9.91. The summed E-state index contributed by atoms with van der Waals surface area (Å²) in [5, 5.41) is 9.86. The topological polar surface area (TPSA) is 59.4 Å². The minimum Gasteiger partial charge on any atom is -0.494 e. The molecule has 21 heavy (non-hydrogen) atoms. The highest BCUT2D eigenvalue weighted by molar-refractivity contribution is 7.17. The Bertz CT molecular complexity index is 689. The van der Waals surface area contributed by atoms with Gasteiger partial charge in [0, 0.05) is 11.0 Å². The smallest absolute Gasteiger partial charge is 0.347 e. The van der Waals surface area contributed by atoms with Crippen LogP contribution in [0.1, 0.15) is 36.1 Å². The van der Waals surface area contributed by atoms with Crippen LogP contribution in [0.15, 0.2) is 18.2 Å². The predicted molar refractivity (Wildman–Crippen MR) is 79.7 cm³/mol. The van der Waals surface area contributed by atoms with Crippen LogP contribution in [0.5, 0.6) is 5.75 Å². The first kappa shape index (κ1) is 15.4. The second kappa shape index (κ2) is 5.44. The molecule has 112 valence electrons. The second-order valence-electron chi connectivity index (χ2n) is 5.60. The van der Waals surface area contributed by atoms with E-state index in [-0.39, 0.29) is 16.0 Å². The van der Waals surface area contributed by atoms with Gasteiger partial charge in [-0.25, -0.2) is 14.2 Å². The van der Waals surface area contributed by atoms with E-state index in [2.05, 4.69) is 4.98 Å². The highest BCUT2D eigenvalue weighted by Gasteiger charge is 2.27. The van der Waals surface area contributed by atoms with Gasteiger partial charge in [0.2, 0.25) is 0 Å². The number of benzene rings is 1. The summed E-state index contributed by atoms with van der Waals surface area (Å²) < 4.78 is 18.4. The average molecular weight is 309 g/mol. The molecule has 2 rings (SSSR count). The maximum absolute atomic E-state index is 13.5. The number of ether oxygens (including phenoxy) is 1. The molecule has 0 fully saturated rings. The molecule has 0 aliphatic rings. The molecule has 0 unspecified atom stereocenters. The summed E-state index contributed by atoms with van der Waals surface area (Å²) in [5.74, 6) is -1.36. The van der Waals surface area contributed by atoms with E-state index >= 15 is 0 Å². The van der Waals surface area contributed by atoms with Crippen LogP contribution in [0.2, 0.25) is 0 Å². The molecule has 0 spiro atoms. The molecule has 4 nitrogen and oxygen atoms in total. The van der Waals surface area contributed by atoms with Crippen molar-refractivity contribution in [3.05, 3.63) is 34.6 Å². The number of aromatic carboxylic acids is 1. The molecular formula is C15H16FNO3S. The Morgan fingerprint density at radius 1 is 1.38 bits per heavy atom. The van der Waals surface area contributed by atoms with Crippen LogP contribution in [-0.2, 0) is 5.41 Å². The zero-order chi connectivity index (χ0) is 15.8. The predicted octanol–water partition coefficient (Wildman–Crippen LogP) is 3.95. The van der Waals surface area contributed by atoms with Gasteiger partial charge in [-0.05, 0) is 18.2 Å². The molecule has 0 atom stereocenters. The fourth-order valence-corrected chi connectivity index (χ4v) is 3.00. The number of halogens is 1. The molecule has 0 saturated heterocycles. The third-order valence-corrected chi connectivity index (χ3v) is 4.02. The first-order valence-corrected chi connectivity index (χ1v) is 7.14. The molecule has 0 radical (unpaired) electrons. The Kier molecular flexibility index (Phi) is 4.00. The maximum atomic E-state index is 13.5. The standard InChI is InChI=1S/C15H16FNO3S/c1-15(2,3)12-11(14(18)19)21-13(17-12)8-5-6-9(16)10(7-8)20-4/h5-7H,1-4H3,(H,18,19). The third kappa shape index (κ3) is 3.05. The van der Waals surface area contributed by atoms with Crippen LogP contribution < -0.4 is 4.74 Å². The summed E-state index contributed by atoms with van der Waals surface area (Å²) in [6.07, 6.45) is 0. The SMILES string of the molecule is COc1cc(-c2nc(C(C)(C)C)c(C(=O)O)s2)ccc1F. The summed E-state index contributed by atoms with van der Waals surface area (Å²) in [7, 11) is 1.38. The number of carboxylic acids is 1. The molecule has 0 saturated carbocycles.